The third kappa shape index (κ3) is 3.70. The number of nitrogens with zero attached hydrogens (tertiary/aromatic N) is 1. The molecule has 2 N–H and O–H groups in total. The number of nitrogens with one attached hydrogen (secondary N) is 2. The third-order valence-electron chi connectivity index (χ3n) is 5.06. The van der Waals surface area contributed by atoms with Gasteiger partial charge in [0.2, 0.25) is 0 Å². The van der Waals surface area contributed by atoms with E-state index in [1.165, 1.54) is 5.56 Å². The van der Waals surface area contributed by atoms with Crippen molar-refractivity contribution in [2.45, 2.75) is 33.4 Å². The number of rotatable bonds is 4. The minimum atomic E-state index is 0.0361. The summed E-state index contributed by atoms with van der Waals surface area (Å²) in [5.41, 5.74) is 3.03. The van der Waals surface area contributed by atoms with Crippen LogP contribution in [0, 0.1) is 18.8 Å². The number of amides is 1. The number of likely N-dealkylation sites (tertiary alicyclic amines) is 1. The van der Waals surface area contributed by atoms with Crippen LogP contribution in [-0.4, -0.2) is 34.9 Å². The molecule has 1 amide bonds. The highest BCUT2D eigenvalue weighted by Gasteiger charge is 2.33. The normalized spacial score (nSPS) is 22.5. The second-order valence-electron chi connectivity index (χ2n) is 7.15. The second kappa shape index (κ2) is 7.22. The summed E-state index contributed by atoms with van der Waals surface area (Å²) in [7, 11) is 0. The molecule has 4 nitrogen and oxygen atoms in total. The van der Waals surface area contributed by atoms with Gasteiger partial charge in [0.25, 0.3) is 5.91 Å². The Balaban J connectivity index is 1.61. The fourth-order valence-electron chi connectivity index (χ4n) is 3.86. The summed E-state index contributed by atoms with van der Waals surface area (Å²) in [5.74, 6) is 0.898. The number of hydrogen-bond donors (Lipinski definition) is 2. The Morgan fingerprint density at radius 2 is 1.83 bits per heavy atom. The molecule has 1 aliphatic rings. The van der Waals surface area contributed by atoms with E-state index in [0.717, 1.165) is 30.9 Å². The van der Waals surface area contributed by atoms with E-state index in [0.29, 0.717) is 11.8 Å². The van der Waals surface area contributed by atoms with E-state index in [2.05, 4.69) is 59.4 Å². The predicted molar refractivity (Wildman–Crippen MR) is 96.8 cm³/mol. The van der Waals surface area contributed by atoms with Gasteiger partial charge in [0, 0.05) is 37.6 Å². The zero-order chi connectivity index (χ0) is 17.1. The van der Waals surface area contributed by atoms with Gasteiger partial charge in [0.15, 0.2) is 0 Å². The van der Waals surface area contributed by atoms with Crippen molar-refractivity contribution in [2.24, 2.45) is 11.8 Å². The highest BCUT2D eigenvalue weighted by atomic mass is 16.1. The molecular formula is C20H27N3O. The zero-order valence-electron chi connectivity index (χ0n) is 14.8. The molecule has 1 aromatic heterocycles. The molecule has 2 atom stereocenters. The Labute approximate surface area is 144 Å². The molecule has 0 aliphatic carbocycles. The summed E-state index contributed by atoms with van der Waals surface area (Å²) < 4.78 is 0. The summed E-state index contributed by atoms with van der Waals surface area (Å²) in [6.45, 7) is 9.41. The van der Waals surface area contributed by atoms with Gasteiger partial charge in [-0.25, -0.2) is 0 Å². The Morgan fingerprint density at radius 1 is 1.17 bits per heavy atom. The van der Waals surface area contributed by atoms with E-state index in [1.807, 2.05) is 19.2 Å². The van der Waals surface area contributed by atoms with Crippen molar-refractivity contribution in [1.29, 1.82) is 0 Å². The SMILES string of the molecule is Cc1[nH]ccc1C(=O)NC1[C@H](C)CN(Cc2ccccc2)C[C@H]1C. The standard InChI is InChI=1S/C20H27N3O/c1-14-11-23(13-17-7-5-4-6-8-17)12-15(2)19(14)22-20(24)18-9-10-21-16(18)3/h4-10,14-15,19,21H,11-13H2,1-3H3,(H,22,24)/t14-,15-/m1/s1. The third-order valence-corrected chi connectivity index (χ3v) is 5.06. The van der Waals surface area contributed by atoms with Gasteiger partial charge < -0.3 is 10.3 Å². The number of aromatic nitrogens is 1. The number of aryl methyl sites for hydroxylation is 1. The van der Waals surface area contributed by atoms with Crippen molar-refractivity contribution >= 4 is 5.91 Å². The first-order valence-electron chi connectivity index (χ1n) is 8.75. The summed E-state index contributed by atoms with van der Waals surface area (Å²) in [6, 6.07) is 12.7. The van der Waals surface area contributed by atoms with E-state index < -0.39 is 0 Å². The lowest BCUT2D eigenvalue weighted by Gasteiger charge is -2.41. The number of carbonyl (C=O) groups excluding carboxylic acids is 1. The first-order chi connectivity index (χ1) is 11.5. The summed E-state index contributed by atoms with van der Waals surface area (Å²) >= 11 is 0. The van der Waals surface area contributed by atoms with Gasteiger partial charge in [-0.05, 0) is 30.4 Å². The Morgan fingerprint density at radius 3 is 2.42 bits per heavy atom. The number of carbonyl (C=O) groups is 1. The maximum atomic E-state index is 12.5. The largest absolute Gasteiger partial charge is 0.365 e. The van der Waals surface area contributed by atoms with Gasteiger partial charge in [-0.15, -0.1) is 0 Å². The maximum absolute atomic E-state index is 12.5. The van der Waals surface area contributed by atoms with Gasteiger partial charge in [0.05, 0.1) is 5.56 Å². The van der Waals surface area contributed by atoms with Crippen molar-refractivity contribution in [3.8, 4) is 0 Å². The molecule has 0 saturated carbocycles. The van der Waals surface area contributed by atoms with Crippen LogP contribution in [0.4, 0.5) is 0 Å². The number of piperidine rings is 1. The molecule has 4 heteroatoms. The van der Waals surface area contributed by atoms with Crippen LogP contribution in [0.3, 0.4) is 0 Å². The molecule has 3 rings (SSSR count). The van der Waals surface area contributed by atoms with Crippen molar-refractivity contribution in [2.75, 3.05) is 13.1 Å². The van der Waals surface area contributed by atoms with Crippen LogP contribution in [0.5, 0.6) is 0 Å². The monoisotopic (exact) mass is 325 g/mol. The molecule has 24 heavy (non-hydrogen) atoms. The lowest BCUT2D eigenvalue weighted by atomic mass is 9.85. The Hall–Kier alpha value is -2.07. The van der Waals surface area contributed by atoms with E-state index in [4.69, 9.17) is 0 Å². The topological polar surface area (TPSA) is 48.1 Å². The van der Waals surface area contributed by atoms with Crippen LogP contribution in [0.1, 0.15) is 35.5 Å². The van der Waals surface area contributed by atoms with Gasteiger partial charge in [-0.3, -0.25) is 9.69 Å². The first-order valence-corrected chi connectivity index (χ1v) is 8.75. The molecule has 1 fully saturated rings. The molecule has 2 aromatic rings. The molecule has 0 bridgehead atoms. The van der Waals surface area contributed by atoms with Crippen molar-refractivity contribution < 1.29 is 4.79 Å². The molecule has 1 aliphatic heterocycles. The molecule has 0 radical (unpaired) electrons. The minimum absolute atomic E-state index is 0.0361. The van der Waals surface area contributed by atoms with Crippen LogP contribution in [0.15, 0.2) is 42.6 Å². The smallest absolute Gasteiger partial charge is 0.253 e. The van der Waals surface area contributed by atoms with Crippen LogP contribution in [0.25, 0.3) is 0 Å². The highest BCUT2D eigenvalue weighted by Crippen LogP contribution is 2.24. The second-order valence-corrected chi connectivity index (χ2v) is 7.15. The fraction of sp³-hybridized carbons (Fsp3) is 0.450. The predicted octanol–water partition coefficient (Wildman–Crippen LogP) is 3.21. The van der Waals surface area contributed by atoms with Gasteiger partial charge in [-0.1, -0.05) is 44.2 Å². The minimum Gasteiger partial charge on any atom is -0.365 e. The van der Waals surface area contributed by atoms with Gasteiger partial charge in [0.1, 0.15) is 0 Å². The average Bonchev–Trinajstić information content (AvgIpc) is 2.98. The van der Waals surface area contributed by atoms with Crippen LogP contribution in [-0.2, 0) is 6.54 Å². The van der Waals surface area contributed by atoms with E-state index in [9.17, 15) is 4.79 Å². The van der Waals surface area contributed by atoms with E-state index >= 15 is 0 Å². The molecule has 2 heterocycles. The molecule has 128 valence electrons. The van der Waals surface area contributed by atoms with E-state index in [1.54, 1.807) is 0 Å². The number of hydrogen-bond acceptors (Lipinski definition) is 2. The van der Waals surface area contributed by atoms with Gasteiger partial charge in [-0.2, -0.15) is 0 Å². The van der Waals surface area contributed by atoms with E-state index in [-0.39, 0.29) is 11.9 Å². The molecule has 1 saturated heterocycles. The zero-order valence-corrected chi connectivity index (χ0v) is 14.8. The average molecular weight is 325 g/mol. The molecule has 0 unspecified atom stereocenters. The summed E-state index contributed by atoms with van der Waals surface area (Å²) in [6.07, 6.45) is 1.82. The molecular weight excluding hydrogens is 298 g/mol. The molecule has 0 spiro atoms. The fourth-order valence-corrected chi connectivity index (χ4v) is 3.86. The summed E-state index contributed by atoms with van der Waals surface area (Å²) in [5, 5.41) is 3.26. The van der Waals surface area contributed by atoms with Gasteiger partial charge >= 0.3 is 0 Å². The first kappa shape index (κ1) is 16.8. The Kier molecular flexibility index (Phi) is 5.05. The van der Waals surface area contributed by atoms with Crippen LogP contribution >= 0.6 is 0 Å². The highest BCUT2D eigenvalue weighted by molar-refractivity contribution is 5.95. The molecule has 1 aromatic carbocycles. The lowest BCUT2D eigenvalue weighted by molar-refractivity contribution is 0.0732. The maximum Gasteiger partial charge on any atom is 0.253 e. The van der Waals surface area contributed by atoms with Crippen molar-refractivity contribution in [3.05, 3.63) is 59.4 Å². The number of aromatic amines is 1. The summed E-state index contributed by atoms with van der Waals surface area (Å²) in [4.78, 5) is 18.1. The lowest BCUT2D eigenvalue weighted by Crippen LogP contribution is -2.54. The number of H-pyrrole nitrogens is 1. The Bertz CT molecular complexity index is 667. The van der Waals surface area contributed by atoms with Crippen LogP contribution in [0.2, 0.25) is 0 Å². The van der Waals surface area contributed by atoms with Crippen molar-refractivity contribution in [3.63, 3.8) is 0 Å². The number of benzene rings is 1. The quantitative estimate of drug-likeness (QED) is 0.907. The van der Waals surface area contributed by atoms with Crippen LogP contribution < -0.4 is 5.32 Å². The van der Waals surface area contributed by atoms with Crippen molar-refractivity contribution in [1.82, 2.24) is 15.2 Å².